The number of amides is 1. The maximum atomic E-state index is 12.4. The van der Waals surface area contributed by atoms with Crippen LogP contribution in [0.2, 0.25) is 0 Å². The lowest BCUT2D eigenvalue weighted by Crippen LogP contribution is -2.38. The van der Waals surface area contributed by atoms with Crippen LogP contribution in [0.5, 0.6) is 0 Å². The fourth-order valence-corrected chi connectivity index (χ4v) is 3.55. The molecule has 2 rings (SSSR count). The Morgan fingerprint density at radius 2 is 2.10 bits per heavy atom. The van der Waals surface area contributed by atoms with Gasteiger partial charge in [-0.1, -0.05) is 6.92 Å². The molecule has 0 atom stereocenters. The number of nitrogens with zero attached hydrogens (tertiary/aromatic N) is 2. The van der Waals surface area contributed by atoms with Crippen LogP contribution in [0, 0.1) is 0 Å². The molecule has 1 aromatic heterocycles. The first kappa shape index (κ1) is 15.5. The average molecular weight is 315 g/mol. The first-order chi connectivity index (χ1) is 9.77. The molecule has 0 saturated heterocycles. The maximum absolute atomic E-state index is 12.4. The lowest BCUT2D eigenvalue weighted by atomic mass is 10.4. The molecule has 1 amide bonds. The van der Waals surface area contributed by atoms with Gasteiger partial charge in [-0.2, -0.15) is 4.31 Å². The van der Waals surface area contributed by atoms with Gasteiger partial charge < -0.3 is 15.4 Å². The highest BCUT2D eigenvalue weighted by molar-refractivity contribution is 7.89. The summed E-state index contributed by atoms with van der Waals surface area (Å²) in [6.07, 6.45) is 2.97. The molecule has 1 heterocycles. The van der Waals surface area contributed by atoms with Crippen LogP contribution in [0.3, 0.4) is 0 Å². The van der Waals surface area contributed by atoms with E-state index in [0.29, 0.717) is 0 Å². The second-order valence-electron chi connectivity index (χ2n) is 4.90. The van der Waals surface area contributed by atoms with Gasteiger partial charge in [0.2, 0.25) is 15.9 Å². The van der Waals surface area contributed by atoms with Gasteiger partial charge in [-0.3, -0.25) is 4.79 Å². The smallest absolute Gasteiger partial charge is 0.352 e. The van der Waals surface area contributed by atoms with Crippen molar-refractivity contribution in [2.45, 2.75) is 30.7 Å². The molecular weight excluding hydrogens is 298 g/mol. The van der Waals surface area contributed by atoms with E-state index in [1.54, 1.807) is 6.92 Å². The molecule has 0 unspecified atom stereocenters. The van der Waals surface area contributed by atoms with E-state index in [-0.39, 0.29) is 23.2 Å². The van der Waals surface area contributed by atoms with Gasteiger partial charge in [0.1, 0.15) is 10.6 Å². The van der Waals surface area contributed by atoms with E-state index in [2.05, 4.69) is 0 Å². The predicted octanol–water partition coefficient (Wildman–Crippen LogP) is 0.0171. The number of carboxylic acids is 1. The number of carbonyl (C=O) groups excluding carboxylic acids is 1. The Morgan fingerprint density at radius 3 is 2.52 bits per heavy atom. The van der Waals surface area contributed by atoms with E-state index in [1.165, 1.54) is 10.8 Å². The third kappa shape index (κ3) is 3.08. The predicted molar refractivity (Wildman–Crippen MR) is 73.3 cm³/mol. The Hall–Kier alpha value is -1.87. The summed E-state index contributed by atoms with van der Waals surface area (Å²) in [7, 11) is -3.94. The molecule has 1 saturated carbocycles. The molecule has 1 aromatic rings. The van der Waals surface area contributed by atoms with Crippen LogP contribution in [0.4, 0.5) is 0 Å². The Kier molecular flexibility index (Phi) is 4.06. The number of primary amides is 1. The van der Waals surface area contributed by atoms with Crippen molar-refractivity contribution in [3.8, 4) is 0 Å². The zero-order chi connectivity index (χ0) is 15.8. The van der Waals surface area contributed by atoms with E-state index < -0.39 is 28.4 Å². The molecule has 1 fully saturated rings. The van der Waals surface area contributed by atoms with E-state index in [0.717, 1.165) is 23.2 Å². The van der Waals surface area contributed by atoms with Crippen molar-refractivity contribution in [1.82, 2.24) is 8.87 Å². The monoisotopic (exact) mass is 315 g/mol. The first-order valence-corrected chi connectivity index (χ1v) is 7.95. The fourth-order valence-electron chi connectivity index (χ4n) is 2.11. The Labute approximate surface area is 122 Å². The summed E-state index contributed by atoms with van der Waals surface area (Å²) >= 11 is 0. The van der Waals surface area contributed by atoms with Gasteiger partial charge in [-0.05, 0) is 18.9 Å². The summed E-state index contributed by atoms with van der Waals surface area (Å²) in [6.45, 7) is 1.22. The van der Waals surface area contributed by atoms with Crippen LogP contribution in [-0.2, 0) is 14.8 Å². The Balaban J connectivity index is 2.42. The molecule has 21 heavy (non-hydrogen) atoms. The van der Waals surface area contributed by atoms with E-state index >= 15 is 0 Å². The Morgan fingerprint density at radius 1 is 1.48 bits per heavy atom. The van der Waals surface area contributed by atoms with E-state index in [9.17, 15) is 18.0 Å². The van der Waals surface area contributed by atoms with Gasteiger partial charge in [0.25, 0.3) is 0 Å². The molecule has 0 radical (unpaired) electrons. The van der Waals surface area contributed by atoms with Gasteiger partial charge in [-0.15, -0.1) is 0 Å². The van der Waals surface area contributed by atoms with Crippen molar-refractivity contribution in [2.75, 3.05) is 13.1 Å². The molecule has 3 N–H and O–H groups in total. The molecule has 0 aromatic carbocycles. The van der Waals surface area contributed by atoms with Crippen LogP contribution in [0.1, 0.15) is 36.3 Å². The second kappa shape index (κ2) is 5.49. The quantitative estimate of drug-likeness (QED) is 0.734. The average Bonchev–Trinajstić information content (AvgIpc) is 3.13. The summed E-state index contributed by atoms with van der Waals surface area (Å²) in [5, 5.41) is 9.16. The van der Waals surface area contributed by atoms with E-state index in [1.807, 2.05) is 0 Å². The number of aromatic carboxylic acids is 1. The van der Waals surface area contributed by atoms with Crippen molar-refractivity contribution >= 4 is 21.9 Å². The lowest BCUT2D eigenvalue weighted by Gasteiger charge is -2.17. The summed E-state index contributed by atoms with van der Waals surface area (Å²) in [5.74, 6) is -1.94. The zero-order valence-corrected chi connectivity index (χ0v) is 12.3. The molecular formula is C12H17N3O5S. The standard InChI is InChI=1S/C12H17N3O5S/c1-2-14(7-11(13)16)21(19,20)9-5-10(12(17)18)15(6-9)8-3-4-8/h5-6,8H,2-4,7H2,1H3,(H2,13,16)(H,17,18). The molecule has 0 bridgehead atoms. The van der Waals surface area contributed by atoms with Crippen LogP contribution in [0.15, 0.2) is 17.2 Å². The number of hydrogen-bond donors (Lipinski definition) is 2. The van der Waals surface area contributed by atoms with Crippen molar-refractivity contribution in [1.29, 1.82) is 0 Å². The number of rotatable bonds is 7. The van der Waals surface area contributed by atoms with Gasteiger partial charge in [0.15, 0.2) is 0 Å². The number of hydrogen-bond acceptors (Lipinski definition) is 4. The zero-order valence-electron chi connectivity index (χ0n) is 11.5. The SMILES string of the molecule is CCN(CC(N)=O)S(=O)(=O)c1cc(C(=O)O)n(C2CC2)c1. The number of likely N-dealkylation sites (N-methyl/N-ethyl adjacent to an activating group) is 1. The third-order valence-electron chi connectivity index (χ3n) is 3.31. The summed E-state index contributed by atoms with van der Waals surface area (Å²) in [4.78, 5) is 22.0. The number of nitrogens with two attached hydrogens (primary N) is 1. The molecule has 1 aliphatic carbocycles. The summed E-state index contributed by atoms with van der Waals surface area (Å²) < 4.78 is 27.3. The van der Waals surface area contributed by atoms with Gasteiger partial charge >= 0.3 is 5.97 Å². The van der Waals surface area contributed by atoms with Gasteiger partial charge in [-0.25, -0.2) is 13.2 Å². The van der Waals surface area contributed by atoms with Crippen molar-refractivity contribution < 1.29 is 23.1 Å². The minimum Gasteiger partial charge on any atom is -0.477 e. The van der Waals surface area contributed by atoms with Gasteiger partial charge in [0.05, 0.1) is 6.54 Å². The number of carboxylic acid groups (broad SMARTS) is 1. The number of carbonyl (C=O) groups is 2. The molecule has 9 heteroatoms. The number of aromatic nitrogens is 1. The van der Waals surface area contributed by atoms with E-state index in [4.69, 9.17) is 10.8 Å². The molecule has 0 aliphatic heterocycles. The highest BCUT2D eigenvalue weighted by Crippen LogP contribution is 2.37. The van der Waals surface area contributed by atoms with Gasteiger partial charge in [0, 0.05) is 18.8 Å². The lowest BCUT2D eigenvalue weighted by molar-refractivity contribution is -0.118. The topological polar surface area (TPSA) is 123 Å². The highest BCUT2D eigenvalue weighted by Gasteiger charge is 2.32. The largest absolute Gasteiger partial charge is 0.477 e. The normalized spacial score (nSPS) is 15.3. The van der Waals surface area contributed by atoms with Crippen LogP contribution >= 0.6 is 0 Å². The molecule has 1 aliphatic rings. The fraction of sp³-hybridized carbons (Fsp3) is 0.500. The summed E-state index contributed by atoms with van der Waals surface area (Å²) in [6, 6.07) is 1.16. The van der Waals surface area contributed by atoms with Crippen LogP contribution in [0.25, 0.3) is 0 Å². The molecule has 116 valence electrons. The minimum atomic E-state index is -3.94. The summed E-state index contributed by atoms with van der Waals surface area (Å²) in [5.41, 5.74) is 4.98. The van der Waals surface area contributed by atoms with Crippen molar-refractivity contribution in [3.05, 3.63) is 18.0 Å². The highest BCUT2D eigenvalue weighted by atomic mass is 32.2. The second-order valence-corrected chi connectivity index (χ2v) is 6.84. The molecule has 8 nitrogen and oxygen atoms in total. The Bertz CT molecular complexity index is 675. The van der Waals surface area contributed by atoms with Crippen molar-refractivity contribution in [3.63, 3.8) is 0 Å². The third-order valence-corrected chi connectivity index (χ3v) is 5.19. The van der Waals surface area contributed by atoms with Crippen molar-refractivity contribution in [2.24, 2.45) is 5.73 Å². The molecule has 0 spiro atoms. The minimum absolute atomic E-state index is 0.0336. The van der Waals surface area contributed by atoms with Crippen LogP contribution in [-0.4, -0.2) is 47.4 Å². The first-order valence-electron chi connectivity index (χ1n) is 6.51. The number of sulfonamides is 1. The maximum Gasteiger partial charge on any atom is 0.352 e. The van der Waals surface area contributed by atoms with Crippen LogP contribution < -0.4 is 5.73 Å².